The number of hydrogen-bond donors (Lipinski definition) is 2. The predicted molar refractivity (Wildman–Crippen MR) is 72.7 cm³/mol. The normalized spacial score (nSPS) is 21.8. The van der Waals surface area contributed by atoms with Crippen LogP contribution in [0.3, 0.4) is 0 Å². The van der Waals surface area contributed by atoms with Crippen LogP contribution in [0.15, 0.2) is 12.4 Å². The highest BCUT2D eigenvalue weighted by atomic mass is 19.3. The van der Waals surface area contributed by atoms with E-state index in [4.69, 9.17) is 0 Å². The van der Waals surface area contributed by atoms with Crippen LogP contribution in [0.4, 0.5) is 8.78 Å². The summed E-state index contributed by atoms with van der Waals surface area (Å²) >= 11 is 0. The standard InChI is InChI=1S/C14H21F2N3O2/c1-13(21,11-7-18-19(2)8-11)9-17-12(20)10-3-5-14(15,16)6-4-10/h7-8,10,21H,3-6,9H2,1-2H3,(H,17,20). The van der Waals surface area contributed by atoms with Gasteiger partial charge in [0.15, 0.2) is 0 Å². The SMILES string of the molecule is Cn1cc(C(C)(O)CNC(=O)C2CCC(F)(F)CC2)cn1. The molecule has 7 heteroatoms. The van der Waals surface area contributed by atoms with E-state index in [2.05, 4.69) is 10.4 Å². The fourth-order valence-corrected chi connectivity index (χ4v) is 2.51. The maximum atomic E-state index is 13.1. The third-order valence-electron chi connectivity index (χ3n) is 4.02. The molecule has 1 saturated carbocycles. The molecule has 1 amide bonds. The molecule has 2 N–H and O–H groups in total. The molecule has 0 aromatic carbocycles. The highest BCUT2D eigenvalue weighted by molar-refractivity contribution is 5.78. The quantitative estimate of drug-likeness (QED) is 0.887. The van der Waals surface area contributed by atoms with Crippen molar-refractivity contribution in [2.75, 3.05) is 6.54 Å². The predicted octanol–water partition coefficient (Wildman–Crippen LogP) is 1.57. The van der Waals surface area contributed by atoms with Crippen LogP contribution in [0.25, 0.3) is 0 Å². The molecule has 0 bridgehead atoms. The summed E-state index contributed by atoms with van der Waals surface area (Å²) in [5.41, 5.74) is -0.636. The number of aliphatic hydroxyl groups is 1. The van der Waals surface area contributed by atoms with Gasteiger partial charge in [-0.1, -0.05) is 0 Å². The molecule has 1 heterocycles. The van der Waals surface area contributed by atoms with Gasteiger partial charge in [-0.2, -0.15) is 5.10 Å². The molecular weight excluding hydrogens is 280 g/mol. The summed E-state index contributed by atoms with van der Waals surface area (Å²) in [6.07, 6.45) is 3.09. The molecule has 21 heavy (non-hydrogen) atoms. The van der Waals surface area contributed by atoms with E-state index in [0.29, 0.717) is 5.56 Å². The Kier molecular flexibility index (Phi) is 4.32. The molecule has 1 fully saturated rings. The lowest BCUT2D eigenvalue weighted by molar-refractivity contribution is -0.130. The second-order valence-electron chi connectivity index (χ2n) is 6.02. The molecular formula is C14H21F2N3O2. The van der Waals surface area contributed by atoms with Gasteiger partial charge in [0.1, 0.15) is 5.60 Å². The molecule has 1 aliphatic rings. The molecule has 2 rings (SSSR count). The van der Waals surface area contributed by atoms with Crippen molar-refractivity contribution in [1.82, 2.24) is 15.1 Å². The van der Waals surface area contributed by atoms with E-state index < -0.39 is 17.4 Å². The smallest absolute Gasteiger partial charge is 0.248 e. The maximum absolute atomic E-state index is 13.1. The van der Waals surface area contributed by atoms with Crippen LogP contribution in [-0.4, -0.2) is 33.3 Å². The first-order valence-corrected chi connectivity index (χ1v) is 7.07. The summed E-state index contributed by atoms with van der Waals surface area (Å²) in [6.45, 7) is 1.61. The molecule has 0 aliphatic heterocycles. The summed E-state index contributed by atoms with van der Waals surface area (Å²) in [7, 11) is 1.74. The Hall–Kier alpha value is -1.50. The first-order valence-electron chi connectivity index (χ1n) is 7.07. The number of carbonyl (C=O) groups is 1. The van der Waals surface area contributed by atoms with Gasteiger partial charge in [0, 0.05) is 37.6 Å². The van der Waals surface area contributed by atoms with Gasteiger partial charge < -0.3 is 10.4 Å². The summed E-state index contributed by atoms with van der Waals surface area (Å²) in [5.74, 6) is -3.30. The molecule has 1 unspecified atom stereocenters. The third kappa shape index (κ3) is 4.00. The van der Waals surface area contributed by atoms with E-state index in [1.54, 1.807) is 24.9 Å². The van der Waals surface area contributed by atoms with Gasteiger partial charge in [0.2, 0.25) is 11.8 Å². The Morgan fingerprint density at radius 3 is 2.71 bits per heavy atom. The van der Waals surface area contributed by atoms with Crippen LogP contribution in [-0.2, 0) is 17.4 Å². The van der Waals surface area contributed by atoms with Crippen molar-refractivity contribution in [2.45, 2.75) is 44.1 Å². The molecule has 1 atom stereocenters. The summed E-state index contributed by atoms with van der Waals surface area (Å²) < 4.78 is 27.7. The van der Waals surface area contributed by atoms with Gasteiger partial charge in [-0.15, -0.1) is 0 Å². The number of alkyl halides is 2. The zero-order chi connectivity index (χ0) is 15.7. The Balaban J connectivity index is 1.86. The van der Waals surface area contributed by atoms with Crippen LogP contribution >= 0.6 is 0 Å². The average molecular weight is 301 g/mol. The largest absolute Gasteiger partial charge is 0.383 e. The zero-order valence-corrected chi connectivity index (χ0v) is 12.3. The number of amides is 1. The Morgan fingerprint density at radius 1 is 1.57 bits per heavy atom. The number of nitrogens with one attached hydrogen (secondary N) is 1. The van der Waals surface area contributed by atoms with Gasteiger partial charge in [-0.25, -0.2) is 8.78 Å². The third-order valence-corrected chi connectivity index (χ3v) is 4.02. The van der Waals surface area contributed by atoms with Gasteiger partial charge >= 0.3 is 0 Å². The average Bonchev–Trinajstić information content (AvgIpc) is 2.83. The number of aryl methyl sites for hydroxylation is 1. The van der Waals surface area contributed by atoms with Crippen LogP contribution < -0.4 is 5.32 Å². The molecule has 0 saturated heterocycles. The second-order valence-corrected chi connectivity index (χ2v) is 6.02. The lowest BCUT2D eigenvalue weighted by Gasteiger charge is -2.29. The molecule has 0 radical (unpaired) electrons. The minimum absolute atomic E-state index is 0.0322. The summed E-state index contributed by atoms with van der Waals surface area (Å²) in [6, 6.07) is 0. The fraction of sp³-hybridized carbons (Fsp3) is 0.714. The molecule has 1 aromatic rings. The van der Waals surface area contributed by atoms with E-state index in [0.717, 1.165) is 0 Å². The lowest BCUT2D eigenvalue weighted by atomic mass is 9.86. The summed E-state index contributed by atoms with van der Waals surface area (Å²) in [5, 5.41) is 17.0. The monoisotopic (exact) mass is 301 g/mol. The van der Waals surface area contributed by atoms with Gasteiger partial charge in [0.25, 0.3) is 0 Å². The van der Waals surface area contributed by atoms with E-state index in [-0.39, 0.29) is 38.1 Å². The Morgan fingerprint density at radius 2 is 2.19 bits per heavy atom. The second kappa shape index (κ2) is 5.71. The van der Waals surface area contributed by atoms with Crippen molar-refractivity contribution in [2.24, 2.45) is 13.0 Å². The molecule has 1 aliphatic carbocycles. The van der Waals surface area contributed by atoms with Crippen molar-refractivity contribution < 1.29 is 18.7 Å². The van der Waals surface area contributed by atoms with E-state index in [1.165, 1.54) is 6.20 Å². The zero-order valence-electron chi connectivity index (χ0n) is 12.3. The number of aromatic nitrogens is 2. The number of rotatable bonds is 4. The topological polar surface area (TPSA) is 67.2 Å². The molecule has 118 valence electrons. The van der Waals surface area contributed by atoms with Gasteiger partial charge in [-0.3, -0.25) is 9.48 Å². The van der Waals surface area contributed by atoms with Crippen molar-refractivity contribution in [1.29, 1.82) is 0 Å². The highest BCUT2D eigenvalue weighted by Crippen LogP contribution is 2.36. The number of hydrogen-bond acceptors (Lipinski definition) is 3. The highest BCUT2D eigenvalue weighted by Gasteiger charge is 2.37. The number of carbonyl (C=O) groups excluding carboxylic acids is 1. The van der Waals surface area contributed by atoms with Crippen molar-refractivity contribution in [3.8, 4) is 0 Å². The first-order chi connectivity index (χ1) is 9.70. The Bertz CT molecular complexity index is 504. The molecule has 5 nitrogen and oxygen atoms in total. The fourth-order valence-electron chi connectivity index (χ4n) is 2.51. The van der Waals surface area contributed by atoms with Crippen LogP contribution in [0.2, 0.25) is 0 Å². The number of halogens is 2. The van der Waals surface area contributed by atoms with E-state index >= 15 is 0 Å². The van der Waals surface area contributed by atoms with Crippen molar-refractivity contribution in [3.05, 3.63) is 18.0 Å². The van der Waals surface area contributed by atoms with Crippen LogP contribution in [0.5, 0.6) is 0 Å². The van der Waals surface area contributed by atoms with Crippen LogP contribution in [0.1, 0.15) is 38.2 Å². The molecule has 1 aromatic heterocycles. The first kappa shape index (κ1) is 15.9. The summed E-state index contributed by atoms with van der Waals surface area (Å²) in [4.78, 5) is 12.0. The maximum Gasteiger partial charge on any atom is 0.248 e. The lowest BCUT2D eigenvalue weighted by Crippen LogP contribution is -2.42. The van der Waals surface area contributed by atoms with Gasteiger partial charge in [-0.05, 0) is 19.8 Å². The minimum atomic E-state index is -2.64. The van der Waals surface area contributed by atoms with Gasteiger partial charge in [0.05, 0.1) is 12.7 Å². The van der Waals surface area contributed by atoms with Crippen molar-refractivity contribution in [3.63, 3.8) is 0 Å². The van der Waals surface area contributed by atoms with E-state index in [1.807, 2.05) is 0 Å². The van der Waals surface area contributed by atoms with Crippen LogP contribution in [0, 0.1) is 5.92 Å². The van der Waals surface area contributed by atoms with Crippen molar-refractivity contribution >= 4 is 5.91 Å². The molecule has 0 spiro atoms. The Labute approximate surface area is 122 Å². The van der Waals surface area contributed by atoms with E-state index in [9.17, 15) is 18.7 Å². The number of nitrogens with zero attached hydrogens (tertiary/aromatic N) is 2. The minimum Gasteiger partial charge on any atom is -0.383 e.